The molecule has 2 rings (SSSR count). The van der Waals surface area contributed by atoms with E-state index < -0.39 is 5.97 Å². The van der Waals surface area contributed by atoms with Gasteiger partial charge in [0.15, 0.2) is 11.5 Å². The summed E-state index contributed by atoms with van der Waals surface area (Å²) in [6, 6.07) is 7.89. The van der Waals surface area contributed by atoms with Crippen molar-refractivity contribution >= 4 is 11.9 Å². The molecular formula is C20H24N2O5. The van der Waals surface area contributed by atoms with E-state index in [0.717, 1.165) is 5.56 Å². The van der Waals surface area contributed by atoms with Gasteiger partial charge in [-0.2, -0.15) is 0 Å². The Morgan fingerprint density at radius 3 is 2.52 bits per heavy atom. The van der Waals surface area contributed by atoms with E-state index in [9.17, 15) is 9.59 Å². The highest BCUT2D eigenvalue weighted by Gasteiger charge is 2.16. The van der Waals surface area contributed by atoms with Crippen molar-refractivity contribution in [2.24, 2.45) is 5.92 Å². The molecule has 0 saturated heterocycles. The van der Waals surface area contributed by atoms with Gasteiger partial charge in [-0.05, 0) is 42.7 Å². The number of carboxylic acid groups (broad SMARTS) is 1. The third kappa shape index (κ3) is 5.44. The second kappa shape index (κ2) is 9.02. The van der Waals surface area contributed by atoms with Crippen LogP contribution in [0, 0.1) is 5.92 Å². The number of amides is 1. The molecule has 0 fully saturated rings. The lowest BCUT2D eigenvalue weighted by Crippen LogP contribution is -2.27. The van der Waals surface area contributed by atoms with Crippen molar-refractivity contribution in [3.8, 4) is 11.5 Å². The number of nitrogens with one attached hydrogen (secondary N) is 1. The zero-order chi connectivity index (χ0) is 20.0. The molecule has 2 N–H and O–H groups in total. The number of aromatic nitrogens is 1. The number of rotatable bonds is 8. The molecule has 1 heterocycles. The first-order valence-electron chi connectivity index (χ1n) is 8.62. The van der Waals surface area contributed by atoms with Crippen LogP contribution in [0.4, 0.5) is 0 Å². The fourth-order valence-corrected chi connectivity index (χ4v) is 2.38. The van der Waals surface area contributed by atoms with Crippen molar-refractivity contribution < 1.29 is 24.2 Å². The lowest BCUT2D eigenvalue weighted by atomic mass is 10.1. The van der Waals surface area contributed by atoms with Crippen LogP contribution in [0.1, 0.15) is 53.2 Å². The Bertz CT molecular complexity index is 820. The maximum absolute atomic E-state index is 12.4. The Kier molecular flexibility index (Phi) is 6.76. The normalized spacial score (nSPS) is 11.7. The first-order chi connectivity index (χ1) is 12.8. The van der Waals surface area contributed by atoms with Gasteiger partial charge in [-0.15, -0.1) is 0 Å². The third-order valence-corrected chi connectivity index (χ3v) is 3.85. The van der Waals surface area contributed by atoms with Gasteiger partial charge in [0.05, 0.1) is 19.8 Å². The highest BCUT2D eigenvalue weighted by atomic mass is 16.5. The van der Waals surface area contributed by atoms with Crippen LogP contribution in [0.15, 0.2) is 36.5 Å². The van der Waals surface area contributed by atoms with Crippen molar-refractivity contribution in [1.82, 2.24) is 10.3 Å². The van der Waals surface area contributed by atoms with E-state index in [2.05, 4.69) is 24.1 Å². The van der Waals surface area contributed by atoms with Crippen LogP contribution in [-0.2, 0) is 0 Å². The van der Waals surface area contributed by atoms with E-state index in [-0.39, 0.29) is 23.2 Å². The molecule has 0 aliphatic heterocycles. The molecule has 0 spiro atoms. The van der Waals surface area contributed by atoms with Crippen LogP contribution >= 0.6 is 0 Å². The lowest BCUT2D eigenvalue weighted by molar-refractivity contribution is 0.0690. The largest absolute Gasteiger partial charge is 0.493 e. The number of hydrogen-bond acceptors (Lipinski definition) is 5. The average Bonchev–Trinajstić information content (AvgIpc) is 2.66. The van der Waals surface area contributed by atoms with Crippen molar-refractivity contribution in [2.45, 2.75) is 26.8 Å². The minimum Gasteiger partial charge on any atom is -0.493 e. The van der Waals surface area contributed by atoms with Gasteiger partial charge in [0, 0.05) is 11.8 Å². The summed E-state index contributed by atoms with van der Waals surface area (Å²) in [5, 5.41) is 11.8. The average molecular weight is 372 g/mol. The smallest absolute Gasteiger partial charge is 0.354 e. The van der Waals surface area contributed by atoms with Gasteiger partial charge in [0.25, 0.3) is 5.91 Å². The second-order valence-electron chi connectivity index (χ2n) is 6.55. The minimum atomic E-state index is -1.18. The van der Waals surface area contributed by atoms with Crippen molar-refractivity contribution in [3.05, 3.63) is 53.3 Å². The SMILES string of the molecule is COc1cc(C(C)NC(=O)c2ccnc(C(=O)O)c2)ccc1OCC(C)C. The number of carbonyl (C=O) groups is 2. The summed E-state index contributed by atoms with van der Waals surface area (Å²) in [4.78, 5) is 27.1. The number of ether oxygens (including phenoxy) is 2. The van der Waals surface area contributed by atoms with Gasteiger partial charge in [-0.3, -0.25) is 4.79 Å². The standard InChI is InChI=1S/C20H24N2O5/c1-12(2)11-27-17-6-5-14(10-18(17)26-4)13(3)22-19(23)15-7-8-21-16(9-15)20(24)25/h5-10,12-13H,11H2,1-4H3,(H,22,23)(H,24,25). The predicted octanol–water partition coefficient (Wildman–Crippen LogP) is 3.31. The highest BCUT2D eigenvalue weighted by molar-refractivity contribution is 5.96. The third-order valence-electron chi connectivity index (χ3n) is 3.85. The molecule has 0 bridgehead atoms. The van der Waals surface area contributed by atoms with Gasteiger partial charge in [-0.1, -0.05) is 19.9 Å². The summed E-state index contributed by atoms with van der Waals surface area (Å²) in [7, 11) is 1.56. The molecule has 1 aromatic carbocycles. The number of carboxylic acids is 1. The molecule has 0 aliphatic carbocycles. The topological polar surface area (TPSA) is 97.8 Å². The Balaban J connectivity index is 2.13. The summed E-state index contributed by atoms with van der Waals surface area (Å²) in [6.07, 6.45) is 1.30. The van der Waals surface area contributed by atoms with Gasteiger partial charge in [0.1, 0.15) is 5.69 Å². The number of carbonyl (C=O) groups excluding carboxylic acids is 1. The summed E-state index contributed by atoms with van der Waals surface area (Å²) in [5.74, 6) is 0.0645. The molecule has 1 atom stereocenters. The maximum Gasteiger partial charge on any atom is 0.354 e. The summed E-state index contributed by atoms with van der Waals surface area (Å²) in [6.45, 7) is 6.54. The first kappa shape index (κ1) is 20.2. The molecule has 144 valence electrons. The van der Waals surface area contributed by atoms with Crippen molar-refractivity contribution in [3.63, 3.8) is 0 Å². The van der Waals surface area contributed by atoms with Crippen molar-refractivity contribution in [2.75, 3.05) is 13.7 Å². The number of nitrogens with zero attached hydrogens (tertiary/aromatic N) is 1. The maximum atomic E-state index is 12.4. The Morgan fingerprint density at radius 2 is 1.89 bits per heavy atom. The zero-order valence-electron chi connectivity index (χ0n) is 15.9. The predicted molar refractivity (Wildman–Crippen MR) is 100 cm³/mol. The molecule has 0 aliphatic rings. The lowest BCUT2D eigenvalue weighted by Gasteiger charge is -2.18. The zero-order valence-corrected chi connectivity index (χ0v) is 15.9. The van der Waals surface area contributed by atoms with Gasteiger partial charge < -0.3 is 19.9 Å². The molecule has 27 heavy (non-hydrogen) atoms. The molecule has 0 saturated carbocycles. The minimum absolute atomic E-state index is 0.177. The number of benzene rings is 1. The number of aromatic carboxylic acids is 1. The van der Waals surface area contributed by atoms with Crippen molar-refractivity contribution in [1.29, 1.82) is 0 Å². The molecular weight excluding hydrogens is 348 g/mol. The van der Waals surface area contributed by atoms with Gasteiger partial charge in [-0.25, -0.2) is 9.78 Å². The molecule has 2 aromatic rings. The fourth-order valence-electron chi connectivity index (χ4n) is 2.38. The number of methoxy groups -OCH3 is 1. The van der Waals surface area contributed by atoms with Gasteiger partial charge in [0.2, 0.25) is 0 Å². The van der Waals surface area contributed by atoms with E-state index in [1.54, 1.807) is 7.11 Å². The van der Waals surface area contributed by atoms with E-state index in [1.807, 2.05) is 25.1 Å². The molecule has 7 nitrogen and oxygen atoms in total. The quantitative estimate of drug-likeness (QED) is 0.738. The summed E-state index contributed by atoms with van der Waals surface area (Å²) in [5.41, 5.74) is 0.895. The Labute approximate surface area is 158 Å². The summed E-state index contributed by atoms with van der Waals surface area (Å²) >= 11 is 0. The van der Waals surface area contributed by atoms with Crippen LogP contribution in [-0.4, -0.2) is 35.7 Å². The molecule has 1 aromatic heterocycles. The second-order valence-corrected chi connectivity index (χ2v) is 6.55. The van der Waals surface area contributed by atoms with E-state index in [4.69, 9.17) is 14.6 Å². The fraction of sp³-hybridized carbons (Fsp3) is 0.350. The van der Waals surface area contributed by atoms with Gasteiger partial charge >= 0.3 is 5.97 Å². The van der Waals surface area contributed by atoms with E-state index in [1.165, 1.54) is 18.3 Å². The highest BCUT2D eigenvalue weighted by Crippen LogP contribution is 2.30. The van der Waals surface area contributed by atoms with Crippen LogP contribution in [0.3, 0.4) is 0 Å². The molecule has 7 heteroatoms. The molecule has 1 amide bonds. The van der Waals surface area contributed by atoms with Crippen LogP contribution in [0.25, 0.3) is 0 Å². The van der Waals surface area contributed by atoms with E-state index >= 15 is 0 Å². The first-order valence-corrected chi connectivity index (χ1v) is 8.62. The Hall–Kier alpha value is -3.09. The monoisotopic (exact) mass is 372 g/mol. The van der Waals surface area contributed by atoms with Crippen LogP contribution in [0.2, 0.25) is 0 Å². The molecule has 0 radical (unpaired) electrons. The number of pyridine rings is 1. The van der Waals surface area contributed by atoms with Crippen LogP contribution in [0.5, 0.6) is 11.5 Å². The van der Waals surface area contributed by atoms with E-state index in [0.29, 0.717) is 24.0 Å². The summed E-state index contributed by atoms with van der Waals surface area (Å²) < 4.78 is 11.1. The molecule has 1 unspecified atom stereocenters. The van der Waals surface area contributed by atoms with Crippen LogP contribution < -0.4 is 14.8 Å². The number of hydrogen-bond donors (Lipinski definition) is 2. The Morgan fingerprint density at radius 1 is 1.15 bits per heavy atom.